The van der Waals surface area contributed by atoms with Crippen LogP contribution >= 0.6 is 22.9 Å². The summed E-state index contributed by atoms with van der Waals surface area (Å²) >= 11 is 7.50. The van der Waals surface area contributed by atoms with Crippen LogP contribution in [0.5, 0.6) is 5.75 Å². The van der Waals surface area contributed by atoms with Gasteiger partial charge in [-0.1, -0.05) is 17.7 Å². The number of halogens is 1. The van der Waals surface area contributed by atoms with Crippen LogP contribution in [0.2, 0.25) is 4.34 Å². The van der Waals surface area contributed by atoms with E-state index in [2.05, 4.69) is 4.98 Å². The molecule has 36 heavy (non-hydrogen) atoms. The molecule has 0 spiro atoms. The average molecular weight is 545 g/mol. The van der Waals surface area contributed by atoms with E-state index >= 15 is 0 Å². The molecular weight excluding hydrogens is 520 g/mol. The van der Waals surface area contributed by atoms with E-state index in [1.807, 2.05) is 36.2 Å². The summed E-state index contributed by atoms with van der Waals surface area (Å²) in [6, 6.07) is 9.43. The van der Waals surface area contributed by atoms with Gasteiger partial charge in [0.2, 0.25) is 0 Å². The van der Waals surface area contributed by atoms with Gasteiger partial charge in [-0.3, -0.25) is 4.79 Å². The fourth-order valence-electron chi connectivity index (χ4n) is 4.75. The van der Waals surface area contributed by atoms with Gasteiger partial charge in [-0.15, -0.1) is 11.3 Å². The lowest BCUT2D eigenvalue weighted by molar-refractivity contribution is -0.132. The first-order chi connectivity index (χ1) is 17.3. The van der Waals surface area contributed by atoms with Gasteiger partial charge in [0.15, 0.2) is 22.3 Å². The first kappa shape index (κ1) is 23.7. The van der Waals surface area contributed by atoms with Crippen LogP contribution in [0.4, 0.5) is 11.5 Å². The number of thiophene rings is 1. The van der Waals surface area contributed by atoms with Crippen LogP contribution in [0.1, 0.15) is 29.7 Å². The van der Waals surface area contributed by atoms with Crippen molar-refractivity contribution in [1.82, 2.24) is 14.9 Å². The number of rotatable bonds is 7. The molecule has 2 aromatic heterocycles. The maximum Gasteiger partial charge on any atom is 0.260 e. The van der Waals surface area contributed by atoms with E-state index in [0.717, 1.165) is 29.1 Å². The van der Waals surface area contributed by atoms with Crippen molar-refractivity contribution in [2.24, 2.45) is 5.92 Å². The van der Waals surface area contributed by atoms with Crippen LogP contribution in [0.25, 0.3) is 10.7 Å². The molecule has 4 heterocycles. The van der Waals surface area contributed by atoms with E-state index in [1.165, 1.54) is 24.2 Å². The lowest BCUT2D eigenvalue weighted by Gasteiger charge is -2.22. The largest absolute Gasteiger partial charge is 0.484 e. The zero-order chi connectivity index (χ0) is 25.0. The van der Waals surface area contributed by atoms with E-state index in [4.69, 9.17) is 21.3 Å². The van der Waals surface area contributed by atoms with Crippen LogP contribution in [0, 0.1) is 5.92 Å². The van der Waals surface area contributed by atoms with Crippen molar-refractivity contribution in [3.05, 3.63) is 51.5 Å². The van der Waals surface area contributed by atoms with E-state index < -0.39 is 9.84 Å². The van der Waals surface area contributed by atoms with Crippen molar-refractivity contribution >= 4 is 50.2 Å². The number of likely N-dealkylation sites (N-methyl/N-ethyl adjacent to an activating group) is 1. The monoisotopic (exact) mass is 544 g/mol. The van der Waals surface area contributed by atoms with Crippen LogP contribution in [0.15, 0.2) is 30.3 Å². The van der Waals surface area contributed by atoms with Crippen molar-refractivity contribution in [3.63, 3.8) is 0 Å². The fourth-order valence-corrected chi connectivity index (χ4v) is 7.22. The number of benzene rings is 1. The van der Waals surface area contributed by atoms with E-state index in [-0.39, 0.29) is 24.0 Å². The molecule has 188 valence electrons. The molecule has 1 saturated carbocycles. The number of fused-ring (bicyclic) bond motifs is 2. The standard InChI is InChI=1S/C25H25ClN4O4S2/c1-29(11-15-2-3-15)23(31)12-34-17-5-4-16-8-9-30(20(16)10-17)25-18-13-36(32,33)14-19(18)27-24(28-25)21-6-7-22(26)35-21/h4-7,10,15H,2-3,8-9,11-14H2,1H3. The second-order valence-corrected chi connectivity index (χ2v) is 13.4. The molecule has 3 aliphatic rings. The van der Waals surface area contributed by atoms with Gasteiger partial charge in [-0.2, -0.15) is 0 Å². The molecule has 0 radical (unpaired) electrons. The molecule has 0 unspecified atom stereocenters. The third-order valence-corrected chi connectivity index (χ3v) is 9.48. The van der Waals surface area contributed by atoms with Crippen molar-refractivity contribution in [3.8, 4) is 16.5 Å². The maximum atomic E-state index is 12.5. The Balaban J connectivity index is 1.30. The summed E-state index contributed by atoms with van der Waals surface area (Å²) in [5.41, 5.74) is 3.22. The number of ether oxygens (including phenoxy) is 1. The number of sulfone groups is 1. The summed E-state index contributed by atoms with van der Waals surface area (Å²) in [4.78, 5) is 26.5. The zero-order valence-electron chi connectivity index (χ0n) is 19.7. The minimum atomic E-state index is -3.29. The first-order valence-electron chi connectivity index (χ1n) is 11.9. The van der Waals surface area contributed by atoms with Gasteiger partial charge in [0, 0.05) is 37.5 Å². The number of carbonyl (C=O) groups is 1. The van der Waals surface area contributed by atoms with Crippen molar-refractivity contribution in [2.45, 2.75) is 30.8 Å². The van der Waals surface area contributed by atoms with Gasteiger partial charge in [0.1, 0.15) is 11.6 Å². The Kier molecular flexibility index (Phi) is 5.93. The average Bonchev–Trinajstić information content (AvgIpc) is 3.23. The molecule has 11 heteroatoms. The highest BCUT2D eigenvalue weighted by Crippen LogP contribution is 2.42. The molecular formula is C25H25ClN4O4S2. The summed E-state index contributed by atoms with van der Waals surface area (Å²) in [6.45, 7) is 1.42. The number of aromatic nitrogens is 2. The van der Waals surface area contributed by atoms with E-state index in [1.54, 1.807) is 11.0 Å². The summed E-state index contributed by atoms with van der Waals surface area (Å²) in [6.07, 6.45) is 3.17. The van der Waals surface area contributed by atoms with Gasteiger partial charge < -0.3 is 14.5 Å². The highest BCUT2D eigenvalue weighted by molar-refractivity contribution is 7.90. The first-order valence-corrected chi connectivity index (χ1v) is 14.9. The molecule has 1 aliphatic carbocycles. The lowest BCUT2D eigenvalue weighted by Crippen LogP contribution is -2.33. The lowest BCUT2D eigenvalue weighted by atomic mass is 10.1. The Labute approximate surface area is 218 Å². The quantitative estimate of drug-likeness (QED) is 0.439. The second kappa shape index (κ2) is 9.00. The molecule has 3 aromatic rings. The van der Waals surface area contributed by atoms with Crippen LogP contribution in [-0.2, 0) is 32.6 Å². The van der Waals surface area contributed by atoms with Crippen molar-refractivity contribution < 1.29 is 17.9 Å². The molecule has 1 aromatic carbocycles. The fraction of sp³-hybridized carbons (Fsp3) is 0.400. The third-order valence-electron chi connectivity index (χ3n) is 6.81. The topological polar surface area (TPSA) is 92.7 Å². The summed E-state index contributed by atoms with van der Waals surface area (Å²) in [5, 5.41) is 0. The summed E-state index contributed by atoms with van der Waals surface area (Å²) in [7, 11) is -1.47. The molecule has 0 saturated heterocycles. The van der Waals surface area contributed by atoms with Crippen molar-refractivity contribution in [1.29, 1.82) is 0 Å². The SMILES string of the molecule is CN(CC1CC1)C(=O)COc1ccc2c(c1)N(c1nc(-c3ccc(Cl)s3)nc3c1CS(=O)(=O)C3)CC2. The molecule has 0 bridgehead atoms. The van der Waals surface area contributed by atoms with Crippen molar-refractivity contribution in [2.75, 3.05) is 31.6 Å². The predicted octanol–water partition coefficient (Wildman–Crippen LogP) is 4.23. The second-order valence-electron chi connectivity index (χ2n) is 9.63. The summed E-state index contributed by atoms with van der Waals surface area (Å²) < 4.78 is 31.5. The molecule has 6 rings (SSSR count). The van der Waals surface area contributed by atoms with Gasteiger partial charge in [0.05, 0.1) is 26.4 Å². The molecule has 8 nitrogen and oxygen atoms in total. The van der Waals surface area contributed by atoms with Crippen LogP contribution in [-0.4, -0.2) is 55.9 Å². The smallest absolute Gasteiger partial charge is 0.260 e. The molecule has 1 fully saturated rings. The highest BCUT2D eigenvalue weighted by atomic mass is 35.5. The minimum Gasteiger partial charge on any atom is -0.484 e. The predicted molar refractivity (Wildman–Crippen MR) is 140 cm³/mol. The zero-order valence-corrected chi connectivity index (χ0v) is 22.1. The molecule has 0 atom stereocenters. The number of nitrogens with zero attached hydrogens (tertiary/aromatic N) is 4. The Bertz CT molecular complexity index is 1470. The Morgan fingerprint density at radius 3 is 2.81 bits per heavy atom. The highest BCUT2D eigenvalue weighted by Gasteiger charge is 2.34. The summed E-state index contributed by atoms with van der Waals surface area (Å²) in [5.74, 6) is 2.09. The number of anilines is 2. The number of hydrogen-bond acceptors (Lipinski definition) is 8. The molecule has 1 amide bonds. The Morgan fingerprint density at radius 2 is 2.06 bits per heavy atom. The van der Waals surface area contributed by atoms with Gasteiger partial charge in [-0.05, 0) is 48.9 Å². The van der Waals surface area contributed by atoms with E-state index in [0.29, 0.717) is 45.4 Å². The van der Waals surface area contributed by atoms with Crippen LogP contribution < -0.4 is 9.64 Å². The molecule has 2 aliphatic heterocycles. The Hall–Kier alpha value is -2.69. The van der Waals surface area contributed by atoms with E-state index in [9.17, 15) is 13.2 Å². The Morgan fingerprint density at radius 1 is 1.22 bits per heavy atom. The minimum absolute atomic E-state index is 0.0214. The third kappa shape index (κ3) is 4.69. The van der Waals surface area contributed by atoms with Gasteiger partial charge >= 0.3 is 0 Å². The normalized spacial score (nSPS) is 17.7. The molecule has 0 N–H and O–H groups in total. The maximum absolute atomic E-state index is 12.5. The number of amides is 1. The van der Waals surface area contributed by atoms with Crippen LogP contribution in [0.3, 0.4) is 0 Å². The van der Waals surface area contributed by atoms with Gasteiger partial charge in [-0.25, -0.2) is 18.4 Å². The number of hydrogen-bond donors (Lipinski definition) is 0. The number of carbonyl (C=O) groups excluding carboxylic acids is 1. The van der Waals surface area contributed by atoms with Gasteiger partial charge in [0.25, 0.3) is 5.91 Å².